The van der Waals surface area contributed by atoms with E-state index in [1.165, 1.54) is 13.8 Å². The Morgan fingerprint density at radius 3 is 2.35 bits per heavy atom. The zero-order chi connectivity index (χ0) is 22.6. The van der Waals surface area contributed by atoms with Gasteiger partial charge in [0.25, 0.3) is 0 Å². The fraction of sp³-hybridized carbons (Fsp3) is 0.391. The van der Waals surface area contributed by atoms with Crippen LogP contribution >= 0.6 is 11.6 Å². The fourth-order valence-electron chi connectivity index (χ4n) is 3.32. The van der Waals surface area contributed by atoms with Crippen LogP contribution in [-0.4, -0.2) is 58.7 Å². The van der Waals surface area contributed by atoms with Crippen LogP contribution < -0.4 is 9.47 Å². The van der Waals surface area contributed by atoms with Crippen molar-refractivity contribution in [3.8, 4) is 11.5 Å². The monoisotopic (exact) mass is 446 g/mol. The average Bonchev–Trinajstić information content (AvgIpc) is 2.98. The summed E-state index contributed by atoms with van der Waals surface area (Å²) in [7, 11) is 1.81. The van der Waals surface area contributed by atoms with E-state index >= 15 is 0 Å². The van der Waals surface area contributed by atoms with Crippen molar-refractivity contribution in [1.29, 1.82) is 0 Å². The standard InChI is InChI=1S/C23H27ClN2O5/c1-23(2,21(27)28)31-20-10-8-19(9-11-20)30-13-12-18-15-26(22(29)25(18)3)14-16-4-6-17(24)7-5-16/h4-11,18H,12-15H2,1-3H3,(H,27,28). The van der Waals surface area contributed by atoms with E-state index in [0.29, 0.717) is 42.6 Å². The van der Waals surface area contributed by atoms with Gasteiger partial charge in [-0.25, -0.2) is 9.59 Å². The van der Waals surface area contributed by atoms with Crippen molar-refractivity contribution >= 4 is 23.6 Å². The number of aliphatic carboxylic acids is 1. The molecule has 1 aliphatic rings. The molecule has 1 N–H and O–H groups in total. The fourth-order valence-corrected chi connectivity index (χ4v) is 3.44. The van der Waals surface area contributed by atoms with E-state index in [2.05, 4.69) is 0 Å². The van der Waals surface area contributed by atoms with Gasteiger partial charge in [0.15, 0.2) is 5.60 Å². The van der Waals surface area contributed by atoms with E-state index in [1.54, 1.807) is 29.2 Å². The Bertz CT molecular complexity index is 915. The van der Waals surface area contributed by atoms with Crippen LogP contribution in [0.15, 0.2) is 48.5 Å². The Kier molecular flexibility index (Phi) is 6.95. The number of carbonyl (C=O) groups excluding carboxylic acids is 1. The van der Waals surface area contributed by atoms with E-state index in [4.69, 9.17) is 26.2 Å². The summed E-state index contributed by atoms with van der Waals surface area (Å²) in [5, 5.41) is 9.82. The normalized spacial score (nSPS) is 16.5. The lowest BCUT2D eigenvalue weighted by atomic mass is 10.1. The Hall–Kier alpha value is -2.93. The molecule has 2 amide bonds. The van der Waals surface area contributed by atoms with Crippen LogP contribution in [-0.2, 0) is 11.3 Å². The molecule has 1 aliphatic heterocycles. The van der Waals surface area contributed by atoms with Crippen LogP contribution in [0.4, 0.5) is 4.79 Å². The van der Waals surface area contributed by atoms with E-state index in [9.17, 15) is 9.59 Å². The minimum atomic E-state index is -1.31. The van der Waals surface area contributed by atoms with E-state index in [1.807, 2.05) is 36.2 Å². The molecule has 3 rings (SSSR count). The molecule has 1 heterocycles. The van der Waals surface area contributed by atoms with Crippen LogP contribution in [0.25, 0.3) is 0 Å². The maximum absolute atomic E-state index is 12.5. The van der Waals surface area contributed by atoms with Gasteiger partial charge in [-0.15, -0.1) is 0 Å². The van der Waals surface area contributed by atoms with Crippen LogP contribution in [0.3, 0.4) is 0 Å². The van der Waals surface area contributed by atoms with Crippen molar-refractivity contribution in [2.75, 3.05) is 20.2 Å². The summed E-state index contributed by atoms with van der Waals surface area (Å²) in [6.45, 7) is 4.63. The molecule has 0 aliphatic carbocycles. The number of benzene rings is 2. The summed E-state index contributed by atoms with van der Waals surface area (Å²) < 4.78 is 11.3. The largest absolute Gasteiger partial charge is 0.494 e. The highest BCUT2D eigenvalue weighted by Gasteiger charge is 2.34. The quantitative estimate of drug-likeness (QED) is 0.621. The summed E-state index contributed by atoms with van der Waals surface area (Å²) in [5.74, 6) is 0.0809. The predicted molar refractivity (Wildman–Crippen MR) is 118 cm³/mol. The number of halogens is 1. The molecule has 1 atom stereocenters. The highest BCUT2D eigenvalue weighted by atomic mass is 35.5. The Balaban J connectivity index is 1.48. The molecule has 7 nitrogen and oxygen atoms in total. The third-order valence-electron chi connectivity index (χ3n) is 5.27. The summed E-state index contributed by atoms with van der Waals surface area (Å²) in [6, 6.07) is 14.4. The van der Waals surface area contributed by atoms with Gasteiger partial charge in [-0.1, -0.05) is 23.7 Å². The topological polar surface area (TPSA) is 79.3 Å². The zero-order valence-electron chi connectivity index (χ0n) is 17.9. The van der Waals surface area contributed by atoms with Gasteiger partial charge in [0, 0.05) is 31.6 Å². The lowest BCUT2D eigenvalue weighted by Gasteiger charge is -2.21. The van der Waals surface area contributed by atoms with Gasteiger partial charge in [0.05, 0.1) is 12.6 Å². The Labute approximate surface area is 187 Å². The third-order valence-corrected chi connectivity index (χ3v) is 5.52. The second-order valence-corrected chi connectivity index (χ2v) is 8.52. The van der Waals surface area contributed by atoms with Crippen LogP contribution in [0.5, 0.6) is 11.5 Å². The number of likely N-dealkylation sites (N-methyl/N-ethyl adjacent to an activating group) is 1. The highest BCUT2D eigenvalue weighted by molar-refractivity contribution is 6.30. The number of rotatable bonds is 9. The highest BCUT2D eigenvalue weighted by Crippen LogP contribution is 2.24. The molecule has 0 bridgehead atoms. The van der Waals surface area contributed by atoms with Crippen molar-refractivity contribution in [3.63, 3.8) is 0 Å². The summed E-state index contributed by atoms with van der Waals surface area (Å²) in [5.41, 5.74) is -0.267. The van der Waals surface area contributed by atoms with Crippen molar-refractivity contribution in [2.45, 2.75) is 38.5 Å². The minimum Gasteiger partial charge on any atom is -0.494 e. The molecule has 2 aromatic rings. The first-order chi connectivity index (χ1) is 14.7. The number of nitrogens with zero attached hydrogens (tertiary/aromatic N) is 2. The second kappa shape index (κ2) is 9.47. The van der Waals surface area contributed by atoms with E-state index in [0.717, 1.165) is 5.56 Å². The maximum Gasteiger partial charge on any atom is 0.347 e. The number of carbonyl (C=O) groups is 2. The molecule has 31 heavy (non-hydrogen) atoms. The number of urea groups is 1. The maximum atomic E-state index is 12.5. The number of hydrogen-bond donors (Lipinski definition) is 1. The lowest BCUT2D eigenvalue weighted by Crippen LogP contribution is -2.37. The Morgan fingerprint density at radius 1 is 1.13 bits per heavy atom. The number of carboxylic acid groups (broad SMARTS) is 1. The Morgan fingerprint density at radius 2 is 1.74 bits per heavy atom. The molecule has 1 fully saturated rings. The molecular weight excluding hydrogens is 420 g/mol. The van der Waals surface area contributed by atoms with E-state index < -0.39 is 11.6 Å². The van der Waals surface area contributed by atoms with Gasteiger partial charge in [0.1, 0.15) is 11.5 Å². The lowest BCUT2D eigenvalue weighted by molar-refractivity contribution is -0.152. The van der Waals surface area contributed by atoms with Crippen LogP contribution in [0, 0.1) is 0 Å². The number of amides is 2. The molecule has 8 heteroatoms. The smallest absolute Gasteiger partial charge is 0.347 e. The predicted octanol–water partition coefficient (Wildman–Crippen LogP) is 4.29. The summed E-state index contributed by atoms with van der Waals surface area (Å²) in [6.07, 6.45) is 0.698. The van der Waals surface area contributed by atoms with Crippen molar-refractivity contribution in [3.05, 3.63) is 59.1 Å². The number of ether oxygens (including phenoxy) is 2. The average molecular weight is 447 g/mol. The first kappa shape index (κ1) is 22.7. The van der Waals surface area contributed by atoms with Gasteiger partial charge >= 0.3 is 12.0 Å². The first-order valence-corrected chi connectivity index (χ1v) is 10.4. The van der Waals surface area contributed by atoms with Gasteiger partial charge in [0.2, 0.25) is 0 Å². The van der Waals surface area contributed by atoms with Gasteiger partial charge in [-0.05, 0) is 55.8 Å². The van der Waals surface area contributed by atoms with Crippen LogP contribution in [0.1, 0.15) is 25.8 Å². The first-order valence-electron chi connectivity index (χ1n) is 10.1. The van der Waals surface area contributed by atoms with Crippen LogP contribution in [0.2, 0.25) is 5.02 Å². The molecule has 0 aromatic heterocycles. The molecule has 1 saturated heterocycles. The molecule has 1 unspecified atom stereocenters. The molecule has 2 aromatic carbocycles. The van der Waals surface area contributed by atoms with Crippen molar-refractivity contribution in [2.24, 2.45) is 0 Å². The number of hydrogen-bond acceptors (Lipinski definition) is 4. The molecular formula is C23H27ClN2O5. The van der Waals surface area contributed by atoms with Gasteiger partial charge in [-0.2, -0.15) is 0 Å². The SMILES string of the molecule is CN1C(=O)N(Cc2ccc(Cl)cc2)CC1CCOc1ccc(OC(C)(C)C(=O)O)cc1. The van der Waals surface area contributed by atoms with Gasteiger partial charge in [-0.3, -0.25) is 0 Å². The summed E-state index contributed by atoms with van der Waals surface area (Å²) in [4.78, 5) is 27.3. The summed E-state index contributed by atoms with van der Waals surface area (Å²) >= 11 is 5.93. The molecule has 0 spiro atoms. The third kappa shape index (κ3) is 5.82. The second-order valence-electron chi connectivity index (χ2n) is 8.08. The van der Waals surface area contributed by atoms with E-state index in [-0.39, 0.29) is 12.1 Å². The van der Waals surface area contributed by atoms with Crippen molar-refractivity contribution < 1.29 is 24.2 Å². The number of carboxylic acids is 1. The van der Waals surface area contributed by atoms with Gasteiger partial charge < -0.3 is 24.4 Å². The molecule has 0 saturated carbocycles. The van der Waals surface area contributed by atoms with Crippen molar-refractivity contribution in [1.82, 2.24) is 9.80 Å². The molecule has 0 radical (unpaired) electrons. The minimum absolute atomic E-state index is 0.00231. The molecule has 166 valence electrons. The zero-order valence-corrected chi connectivity index (χ0v) is 18.6.